The average molecular weight is 565 g/mol. The third-order valence-electron chi connectivity index (χ3n) is 5.77. The first-order valence-electron chi connectivity index (χ1n) is 11.7. The molecule has 15 heteroatoms. The van der Waals surface area contributed by atoms with E-state index in [4.69, 9.17) is 19.9 Å². The molecular weight excluding hydrogens is 544 g/mol. The van der Waals surface area contributed by atoms with E-state index in [2.05, 4.69) is 20.2 Å². The second-order valence-corrected chi connectivity index (χ2v) is 8.55. The third kappa shape index (κ3) is 7.11. The first kappa shape index (κ1) is 28.5. The SMILES string of the molecule is Fc1cc(F)c(CN2CCN(c3nc4ccncc4nc3Nc3cccnc3)CC2)cc1F.O=C(O)C(F)(F)F. The van der Waals surface area contributed by atoms with Crippen LogP contribution in [0.3, 0.4) is 0 Å². The summed E-state index contributed by atoms with van der Waals surface area (Å²) < 4.78 is 72.6. The predicted octanol–water partition coefficient (Wildman–Crippen LogP) is 4.54. The molecule has 4 heterocycles. The van der Waals surface area contributed by atoms with Crippen molar-refractivity contribution in [3.63, 3.8) is 0 Å². The predicted molar refractivity (Wildman–Crippen MR) is 132 cm³/mol. The lowest BCUT2D eigenvalue weighted by atomic mass is 10.1. The molecule has 1 aromatic carbocycles. The minimum atomic E-state index is -5.08. The van der Waals surface area contributed by atoms with Gasteiger partial charge in [-0.1, -0.05) is 0 Å². The van der Waals surface area contributed by atoms with Gasteiger partial charge >= 0.3 is 12.1 Å². The summed E-state index contributed by atoms with van der Waals surface area (Å²) in [5.74, 6) is -4.45. The Morgan fingerprint density at radius 2 is 1.57 bits per heavy atom. The molecule has 40 heavy (non-hydrogen) atoms. The van der Waals surface area contributed by atoms with Gasteiger partial charge in [-0.2, -0.15) is 13.2 Å². The number of anilines is 3. The van der Waals surface area contributed by atoms with Crippen LogP contribution in [-0.2, 0) is 11.3 Å². The largest absolute Gasteiger partial charge is 0.490 e. The number of aromatic nitrogens is 4. The Morgan fingerprint density at radius 1 is 0.900 bits per heavy atom. The number of piperazine rings is 1. The number of pyridine rings is 2. The lowest BCUT2D eigenvalue weighted by Crippen LogP contribution is -2.46. The number of nitrogens with one attached hydrogen (secondary N) is 1. The number of nitrogens with zero attached hydrogens (tertiary/aromatic N) is 6. The van der Waals surface area contributed by atoms with Crippen molar-refractivity contribution >= 4 is 34.3 Å². The molecule has 0 atom stereocenters. The van der Waals surface area contributed by atoms with Crippen LogP contribution in [-0.4, -0.2) is 68.3 Å². The van der Waals surface area contributed by atoms with E-state index < -0.39 is 29.6 Å². The number of carboxylic acids is 1. The van der Waals surface area contributed by atoms with Gasteiger partial charge in [0.15, 0.2) is 23.3 Å². The van der Waals surface area contributed by atoms with E-state index >= 15 is 0 Å². The maximum atomic E-state index is 14.1. The van der Waals surface area contributed by atoms with Crippen molar-refractivity contribution in [2.24, 2.45) is 0 Å². The maximum Gasteiger partial charge on any atom is 0.490 e. The summed E-state index contributed by atoms with van der Waals surface area (Å²) in [4.78, 5) is 30.8. The first-order valence-corrected chi connectivity index (χ1v) is 11.7. The number of fused-ring (bicyclic) bond motifs is 1. The highest BCUT2D eigenvalue weighted by Gasteiger charge is 2.38. The van der Waals surface area contributed by atoms with Crippen molar-refractivity contribution < 1.29 is 36.2 Å². The molecule has 0 bridgehead atoms. The molecule has 1 saturated heterocycles. The molecule has 9 nitrogen and oxygen atoms in total. The molecule has 210 valence electrons. The summed E-state index contributed by atoms with van der Waals surface area (Å²) in [6, 6.07) is 7.04. The van der Waals surface area contributed by atoms with E-state index in [0.29, 0.717) is 49.4 Å². The highest BCUT2D eigenvalue weighted by molar-refractivity contribution is 5.81. The van der Waals surface area contributed by atoms with Gasteiger partial charge in [-0.3, -0.25) is 14.9 Å². The fourth-order valence-corrected chi connectivity index (χ4v) is 3.82. The van der Waals surface area contributed by atoms with E-state index in [-0.39, 0.29) is 12.1 Å². The van der Waals surface area contributed by atoms with E-state index in [1.165, 1.54) is 0 Å². The van der Waals surface area contributed by atoms with Gasteiger partial charge in [-0.25, -0.2) is 27.9 Å². The minimum absolute atomic E-state index is 0.138. The zero-order chi connectivity index (χ0) is 28.9. The van der Waals surface area contributed by atoms with Gasteiger partial charge in [0.1, 0.15) is 11.3 Å². The minimum Gasteiger partial charge on any atom is -0.475 e. The Morgan fingerprint density at radius 3 is 2.23 bits per heavy atom. The molecule has 1 aliphatic rings. The van der Waals surface area contributed by atoms with Gasteiger partial charge in [-0.05, 0) is 24.3 Å². The summed E-state index contributed by atoms with van der Waals surface area (Å²) in [7, 11) is 0. The highest BCUT2D eigenvalue weighted by atomic mass is 19.4. The number of hydrogen-bond acceptors (Lipinski definition) is 8. The summed E-state index contributed by atoms with van der Waals surface area (Å²) in [6.45, 7) is 2.62. The summed E-state index contributed by atoms with van der Waals surface area (Å²) in [5, 5.41) is 10.4. The fraction of sp³-hybridized carbons (Fsp3) is 0.240. The molecule has 1 fully saturated rings. The molecule has 0 amide bonds. The van der Waals surface area contributed by atoms with Crippen LogP contribution in [0.15, 0.2) is 55.1 Å². The maximum absolute atomic E-state index is 14.1. The molecule has 1 aliphatic heterocycles. The van der Waals surface area contributed by atoms with E-state index in [1.807, 2.05) is 23.1 Å². The molecular formula is C25H21F6N7O2. The van der Waals surface area contributed by atoms with Crippen molar-refractivity contribution in [2.75, 3.05) is 36.4 Å². The highest BCUT2D eigenvalue weighted by Crippen LogP contribution is 2.28. The van der Waals surface area contributed by atoms with Crippen LogP contribution in [0.1, 0.15) is 5.56 Å². The first-order chi connectivity index (χ1) is 19.0. The Balaban J connectivity index is 0.000000470. The molecule has 3 aromatic heterocycles. The Bertz CT molecular complexity index is 1480. The van der Waals surface area contributed by atoms with Crippen molar-refractivity contribution in [1.29, 1.82) is 0 Å². The van der Waals surface area contributed by atoms with Crippen LogP contribution in [0.25, 0.3) is 11.0 Å². The zero-order valence-electron chi connectivity index (χ0n) is 20.5. The van der Waals surface area contributed by atoms with Crippen LogP contribution < -0.4 is 10.2 Å². The number of aliphatic carboxylic acids is 1. The molecule has 0 unspecified atom stereocenters. The van der Waals surface area contributed by atoms with Gasteiger partial charge < -0.3 is 15.3 Å². The second-order valence-electron chi connectivity index (χ2n) is 8.55. The summed E-state index contributed by atoms with van der Waals surface area (Å²) in [5.41, 5.74) is 2.31. The molecule has 0 spiro atoms. The molecule has 0 saturated carbocycles. The molecule has 0 radical (unpaired) electrons. The van der Waals surface area contributed by atoms with Gasteiger partial charge in [-0.15, -0.1) is 0 Å². The van der Waals surface area contributed by atoms with E-state index in [1.54, 1.807) is 24.8 Å². The number of carbonyl (C=O) groups is 1. The van der Waals surface area contributed by atoms with Crippen LogP contribution >= 0.6 is 0 Å². The number of halogens is 6. The monoisotopic (exact) mass is 565 g/mol. The standard InChI is InChI=1S/C23H20F3N7.C2HF3O2/c24-17-11-19(26)18(25)10-15(17)14-32-6-8-33(9-7-32)23-22(29-16-2-1-4-27-12-16)30-21-13-28-5-3-20(21)31-23;3-2(4,5)1(6)7/h1-5,10-13H,6-9,14H2,(H,29,30);(H,6,7). The molecule has 4 aromatic rings. The van der Waals surface area contributed by atoms with Gasteiger partial charge in [0.25, 0.3) is 0 Å². The number of alkyl halides is 3. The lowest BCUT2D eigenvalue weighted by Gasteiger charge is -2.36. The van der Waals surface area contributed by atoms with Crippen molar-refractivity contribution in [3.05, 3.63) is 78.1 Å². The number of rotatable bonds is 5. The average Bonchev–Trinajstić information content (AvgIpc) is 2.92. The van der Waals surface area contributed by atoms with E-state index in [0.717, 1.165) is 17.3 Å². The molecule has 0 aliphatic carbocycles. The second kappa shape index (κ2) is 12.1. The zero-order valence-corrected chi connectivity index (χ0v) is 20.5. The summed E-state index contributed by atoms with van der Waals surface area (Å²) >= 11 is 0. The topological polar surface area (TPSA) is 107 Å². The van der Waals surface area contributed by atoms with Crippen molar-refractivity contribution in [1.82, 2.24) is 24.8 Å². The smallest absolute Gasteiger partial charge is 0.475 e. The Labute approximate surface area is 223 Å². The van der Waals surface area contributed by atoms with E-state index in [9.17, 15) is 26.3 Å². The Kier molecular flexibility index (Phi) is 8.62. The van der Waals surface area contributed by atoms with Gasteiger partial charge in [0.05, 0.1) is 23.6 Å². The lowest BCUT2D eigenvalue weighted by molar-refractivity contribution is -0.192. The number of hydrogen-bond donors (Lipinski definition) is 2. The quantitative estimate of drug-likeness (QED) is 0.267. The number of benzene rings is 1. The van der Waals surface area contributed by atoms with Crippen molar-refractivity contribution in [3.8, 4) is 0 Å². The van der Waals surface area contributed by atoms with Crippen LogP contribution in [0.2, 0.25) is 0 Å². The number of carboxylic acid groups (broad SMARTS) is 1. The van der Waals surface area contributed by atoms with Gasteiger partial charge in [0, 0.05) is 56.7 Å². The van der Waals surface area contributed by atoms with Crippen LogP contribution in [0.5, 0.6) is 0 Å². The van der Waals surface area contributed by atoms with Gasteiger partial charge in [0.2, 0.25) is 0 Å². The van der Waals surface area contributed by atoms with Crippen LogP contribution in [0, 0.1) is 17.5 Å². The fourth-order valence-electron chi connectivity index (χ4n) is 3.82. The summed E-state index contributed by atoms with van der Waals surface area (Å²) in [6.07, 6.45) is 1.64. The third-order valence-corrected chi connectivity index (χ3v) is 5.77. The normalized spacial score (nSPS) is 14.0. The van der Waals surface area contributed by atoms with Crippen molar-refractivity contribution in [2.45, 2.75) is 12.7 Å². The molecule has 2 N–H and O–H groups in total. The molecule has 5 rings (SSSR count). The Hall–Kier alpha value is -4.53. The van der Waals surface area contributed by atoms with Crippen LogP contribution in [0.4, 0.5) is 43.7 Å².